The Kier molecular flexibility index (Phi) is 5.03. The first-order valence-electron chi connectivity index (χ1n) is 3.27. The molecule has 0 aromatic carbocycles. The van der Waals surface area contributed by atoms with Crippen LogP contribution in [0.25, 0.3) is 0 Å². The summed E-state index contributed by atoms with van der Waals surface area (Å²) in [7, 11) is 0. The molecule has 0 aliphatic carbocycles. The Labute approximate surface area is 65.5 Å². The lowest BCUT2D eigenvalue weighted by atomic mass is 10.2. The van der Waals surface area contributed by atoms with Crippen LogP contribution < -0.4 is 0 Å². The van der Waals surface area contributed by atoms with E-state index in [1.165, 1.54) is 6.08 Å². The average molecular weight is 163 g/mol. The minimum absolute atomic E-state index is 0.0755. The van der Waals surface area contributed by atoms with Crippen LogP contribution in [0.1, 0.15) is 26.2 Å². The van der Waals surface area contributed by atoms with Gasteiger partial charge in [0.25, 0.3) is 0 Å². The fraction of sp³-hybridized carbons (Fsp3) is 0.571. The van der Waals surface area contributed by atoms with Crippen LogP contribution in [0.15, 0.2) is 11.1 Å². The molecule has 0 bridgehead atoms. The number of aliphatic carboxylic acids is 1. The predicted octanol–water partition coefficient (Wildman–Crippen LogP) is 2.38. The Hall–Kier alpha value is -0.500. The Morgan fingerprint density at radius 1 is 1.70 bits per heavy atom. The number of rotatable bonds is 4. The van der Waals surface area contributed by atoms with Crippen LogP contribution >= 0.6 is 11.6 Å². The lowest BCUT2D eigenvalue weighted by molar-refractivity contribution is -0.131. The maximum Gasteiger partial charge on any atom is 0.346 e. The van der Waals surface area contributed by atoms with Crippen molar-refractivity contribution in [3.05, 3.63) is 11.1 Å². The lowest BCUT2D eigenvalue weighted by Gasteiger charge is -1.89. The SMILES string of the molecule is CCCC/C=C(/Cl)C(=O)O. The quantitative estimate of drug-likeness (QED) is 0.509. The molecule has 0 amide bonds. The summed E-state index contributed by atoms with van der Waals surface area (Å²) < 4.78 is 0. The lowest BCUT2D eigenvalue weighted by Crippen LogP contribution is -1.92. The highest BCUT2D eigenvalue weighted by Crippen LogP contribution is 2.05. The number of carbonyl (C=O) groups is 1. The predicted molar refractivity (Wildman–Crippen MR) is 41.1 cm³/mol. The summed E-state index contributed by atoms with van der Waals surface area (Å²) >= 11 is 5.31. The summed E-state index contributed by atoms with van der Waals surface area (Å²) in [5.74, 6) is -1.04. The Morgan fingerprint density at radius 2 is 2.30 bits per heavy atom. The molecule has 10 heavy (non-hydrogen) atoms. The van der Waals surface area contributed by atoms with E-state index in [0.717, 1.165) is 19.3 Å². The highest BCUT2D eigenvalue weighted by Gasteiger charge is 1.99. The monoisotopic (exact) mass is 162 g/mol. The number of carboxylic acids is 1. The van der Waals surface area contributed by atoms with Crippen molar-refractivity contribution in [2.24, 2.45) is 0 Å². The molecule has 1 N–H and O–H groups in total. The van der Waals surface area contributed by atoms with Crippen LogP contribution in [-0.2, 0) is 4.79 Å². The summed E-state index contributed by atoms with van der Waals surface area (Å²) in [4.78, 5) is 10.1. The maximum absolute atomic E-state index is 10.1. The van der Waals surface area contributed by atoms with Gasteiger partial charge >= 0.3 is 5.97 Å². The van der Waals surface area contributed by atoms with Crippen molar-refractivity contribution in [1.82, 2.24) is 0 Å². The highest BCUT2D eigenvalue weighted by molar-refractivity contribution is 6.40. The third-order valence-corrected chi connectivity index (χ3v) is 1.40. The molecule has 0 aliphatic heterocycles. The number of carboxylic acid groups (broad SMARTS) is 1. The van der Waals surface area contributed by atoms with Gasteiger partial charge in [-0.1, -0.05) is 37.4 Å². The Morgan fingerprint density at radius 3 is 2.70 bits per heavy atom. The molecular formula is C7H11ClO2. The maximum atomic E-state index is 10.1. The topological polar surface area (TPSA) is 37.3 Å². The van der Waals surface area contributed by atoms with Gasteiger partial charge in [0, 0.05) is 0 Å². The third-order valence-electron chi connectivity index (χ3n) is 1.09. The van der Waals surface area contributed by atoms with E-state index in [2.05, 4.69) is 0 Å². The van der Waals surface area contributed by atoms with Crippen LogP contribution in [0.5, 0.6) is 0 Å². The van der Waals surface area contributed by atoms with Gasteiger partial charge in [-0.3, -0.25) is 0 Å². The molecule has 3 heteroatoms. The van der Waals surface area contributed by atoms with Crippen LogP contribution in [-0.4, -0.2) is 11.1 Å². The van der Waals surface area contributed by atoms with E-state index in [4.69, 9.17) is 16.7 Å². The second-order valence-electron chi connectivity index (χ2n) is 2.00. The van der Waals surface area contributed by atoms with E-state index in [1.54, 1.807) is 0 Å². The molecule has 0 saturated heterocycles. The van der Waals surface area contributed by atoms with Crippen molar-refractivity contribution in [1.29, 1.82) is 0 Å². The van der Waals surface area contributed by atoms with Gasteiger partial charge in [-0.15, -0.1) is 0 Å². The molecule has 0 heterocycles. The number of hydrogen-bond acceptors (Lipinski definition) is 1. The van der Waals surface area contributed by atoms with Crippen molar-refractivity contribution in [3.8, 4) is 0 Å². The highest BCUT2D eigenvalue weighted by atomic mass is 35.5. The minimum Gasteiger partial charge on any atom is -0.477 e. The fourth-order valence-electron chi connectivity index (χ4n) is 0.520. The van der Waals surface area contributed by atoms with Gasteiger partial charge < -0.3 is 5.11 Å². The number of allylic oxidation sites excluding steroid dienone is 1. The summed E-state index contributed by atoms with van der Waals surface area (Å²) in [5, 5.41) is 8.21. The summed E-state index contributed by atoms with van der Waals surface area (Å²) in [6, 6.07) is 0. The largest absolute Gasteiger partial charge is 0.477 e. The first kappa shape index (κ1) is 9.50. The molecule has 0 rings (SSSR count). The number of halogens is 1. The molecular weight excluding hydrogens is 152 g/mol. The van der Waals surface area contributed by atoms with Crippen LogP contribution in [0.2, 0.25) is 0 Å². The zero-order valence-corrected chi connectivity index (χ0v) is 6.69. The third kappa shape index (κ3) is 4.39. The van der Waals surface area contributed by atoms with Crippen molar-refractivity contribution in [2.45, 2.75) is 26.2 Å². The summed E-state index contributed by atoms with van der Waals surface area (Å²) in [6.07, 6.45) is 4.33. The van der Waals surface area contributed by atoms with E-state index in [0.29, 0.717) is 0 Å². The molecule has 0 unspecified atom stereocenters. The standard InChI is InChI=1S/C7H11ClO2/c1-2-3-4-5-6(8)7(9)10/h5H,2-4H2,1H3,(H,9,10)/b6-5+. The molecule has 0 spiro atoms. The van der Waals surface area contributed by atoms with E-state index in [1.807, 2.05) is 6.92 Å². The van der Waals surface area contributed by atoms with Gasteiger partial charge in [-0.05, 0) is 6.42 Å². The number of hydrogen-bond donors (Lipinski definition) is 1. The van der Waals surface area contributed by atoms with Gasteiger partial charge in [-0.25, -0.2) is 4.79 Å². The van der Waals surface area contributed by atoms with Gasteiger partial charge in [0.1, 0.15) is 5.03 Å². The summed E-state index contributed by atoms with van der Waals surface area (Å²) in [6.45, 7) is 2.04. The smallest absolute Gasteiger partial charge is 0.346 e. The van der Waals surface area contributed by atoms with Crippen molar-refractivity contribution >= 4 is 17.6 Å². The molecule has 58 valence electrons. The zero-order chi connectivity index (χ0) is 7.98. The average Bonchev–Trinajstić information content (AvgIpc) is 1.88. The van der Waals surface area contributed by atoms with Crippen molar-refractivity contribution < 1.29 is 9.90 Å². The van der Waals surface area contributed by atoms with E-state index in [-0.39, 0.29) is 5.03 Å². The Bertz CT molecular complexity index is 141. The molecule has 2 nitrogen and oxygen atoms in total. The van der Waals surface area contributed by atoms with E-state index >= 15 is 0 Å². The first-order valence-corrected chi connectivity index (χ1v) is 3.65. The second kappa shape index (κ2) is 5.30. The Balaban J connectivity index is 3.58. The van der Waals surface area contributed by atoms with Gasteiger partial charge in [0.15, 0.2) is 0 Å². The molecule has 0 radical (unpaired) electrons. The normalized spacial score (nSPS) is 11.6. The van der Waals surface area contributed by atoms with Gasteiger partial charge in [-0.2, -0.15) is 0 Å². The van der Waals surface area contributed by atoms with Crippen LogP contribution in [0, 0.1) is 0 Å². The summed E-state index contributed by atoms with van der Waals surface area (Å²) in [5.41, 5.74) is 0. The van der Waals surface area contributed by atoms with E-state index < -0.39 is 5.97 Å². The minimum atomic E-state index is -1.04. The van der Waals surface area contributed by atoms with Crippen molar-refractivity contribution in [2.75, 3.05) is 0 Å². The molecule has 0 aromatic rings. The zero-order valence-electron chi connectivity index (χ0n) is 5.93. The fourth-order valence-corrected chi connectivity index (χ4v) is 0.629. The van der Waals surface area contributed by atoms with Gasteiger partial charge in [0.2, 0.25) is 0 Å². The van der Waals surface area contributed by atoms with Gasteiger partial charge in [0.05, 0.1) is 0 Å². The molecule has 0 aliphatic rings. The molecule has 0 atom stereocenters. The molecule has 0 aromatic heterocycles. The first-order chi connectivity index (χ1) is 4.68. The second-order valence-corrected chi connectivity index (χ2v) is 2.41. The van der Waals surface area contributed by atoms with Crippen LogP contribution in [0.4, 0.5) is 0 Å². The molecule has 0 saturated carbocycles. The molecule has 0 fully saturated rings. The van der Waals surface area contributed by atoms with Crippen LogP contribution in [0.3, 0.4) is 0 Å². The van der Waals surface area contributed by atoms with E-state index in [9.17, 15) is 4.79 Å². The van der Waals surface area contributed by atoms with Crippen molar-refractivity contribution in [3.63, 3.8) is 0 Å². The number of unbranched alkanes of at least 4 members (excludes halogenated alkanes) is 2.